The van der Waals surface area contributed by atoms with Crippen molar-refractivity contribution in [3.8, 4) is 0 Å². The molecule has 126 valence electrons. The number of hydrogen-bond donors (Lipinski definition) is 1. The van der Waals surface area contributed by atoms with E-state index in [1.54, 1.807) is 0 Å². The summed E-state index contributed by atoms with van der Waals surface area (Å²) in [5, 5.41) is 4.53. The van der Waals surface area contributed by atoms with Crippen LogP contribution in [0.25, 0.3) is 10.9 Å². The summed E-state index contributed by atoms with van der Waals surface area (Å²) in [5.41, 5.74) is 6.01. The largest absolute Gasteiger partial charge is 0.348 e. The minimum absolute atomic E-state index is 0.0478. The Balaban J connectivity index is 1.70. The number of rotatable bonds is 3. The van der Waals surface area contributed by atoms with Crippen molar-refractivity contribution in [1.29, 1.82) is 0 Å². The van der Waals surface area contributed by atoms with E-state index < -0.39 is 0 Å². The molecule has 1 aliphatic carbocycles. The van der Waals surface area contributed by atoms with Crippen molar-refractivity contribution in [3.05, 3.63) is 75.4 Å². The molecule has 0 spiro atoms. The third-order valence-electron chi connectivity index (χ3n) is 4.77. The summed E-state index contributed by atoms with van der Waals surface area (Å²) in [7, 11) is 0. The van der Waals surface area contributed by atoms with Crippen molar-refractivity contribution in [2.24, 2.45) is 0 Å². The molecule has 0 fully saturated rings. The topological polar surface area (TPSA) is 42.0 Å². The molecule has 4 heteroatoms. The van der Waals surface area contributed by atoms with Gasteiger partial charge in [0.2, 0.25) is 0 Å². The second-order valence-electron chi connectivity index (χ2n) is 6.60. The smallest absolute Gasteiger partial charge is 0.252 e. The van der Waals surface area contributed by atoms with Crippen LogP contribution in [0.1, 0.15) is 39.2 Å². The molecule has 4 rings (SSSR count). The quantitative estimate of drug-likeness (QED) is 0.749. The van der Waals surface area contributed by atoms with E-state index in [0.29, 0.717) is 11.6 Å². The van der Waals surface area contributed by atoms with Gasteiger partial charge in [-0.15, -0.1) is 0 Å². The van der Waals surface area contributed by atoms with Crippen LogP contribution in [0.15, 0.2) is 42.5 Å². The van der Waals surface area contributed by atoms with Gasteiger partial charge in [-0.25, -0.2) is 0 Å². The molecule has 1 heterocycles. The third-order valence-corrected chi connectivity index (χ3v) is 5.01. The summed E-state index contributed by atoms with van der Waals surface area (Å²) >= 11 is 6.17. The third kappa shape index (κ3) is 3.12. The van der Waals surface area contributed by atoms with Crippen molar-refractivity contribution in [2.45, 2.75) is 32.7 Å². The van der Waals surface area contributed by atoms with Gasteiger partial charge in [-0.2, -0.15) is 0 Å². The molecule has 0 bridgehead atoms. The maximum absolute atomic E-state index is 13.0. The number of nitrogens with zero attached hydrogens (tertiary/aromatic N) is 1. The molecular weight excluding hydrogens is 332 g/mol. The number of carbonyl (C=O) groups excluding carboxylic acids is 1. The zero-order chi connectivity index (χ0) is 17.4. The number of amides is 1. The number of pyridine rings is 1. The molecule has 0 saturated heterocycles. The Labute approximate surface area is 152 Å². The van der Waals surface area contributed by atoms with Crippen LogP contribution < -0.4 is 5.32 Å². The van der Waals surface area contributed by atoms with Crippen molar-refractivity contribution < 1.29 is 4.79 Å². The molecule has 0 saturated carbocycles. The number of fused-ring (bicyclic) bond motifs is 2. The number of hydrogen-bond acceptors (Lipinski definition) is 2. The van der Waals surface area contributed by atoms with Crippen LogP contribution in [0.2, 0.25) is 5.02 Å². The van der Waals surface area contributed by atoms with Crippen molar-refractivity contribution in [3.63, 3.8) is 0 Å². The van der Waals surface area contributed by atoms with Crippen LogP contribution in [0.4, 0.5) is 0 Å². The van der Waals surface area contributed by atoms with Crippen molar-refractivity contribution in [1.82, 2.24) is 10.3 Å². The number of halogens is 1. The molecule has 1 aromatic heterocycles. The Morgan fingerprint density at radius 1 is 1.16 bits per heavy atom. The minimum atomic E-state index is -0.0478. The Morgan fingerprint density at radius 3 is 2.76 bits per heavy atom. The lowest BCUT2D eigenvalue weighted by Crippen LogP contribution is -2.24. The molecule has 1 aliphatic rings. The molecule has 0 radical (unpaired) electrons. The number of aromatic nitrogens is 1. The zero-order valence-corrected chi connectivity index (χ0v) is 14.9. The molecular formula is C21H19ClN2O. The first-order valence-corrected chi connectivity index (χ1v) is 8.94. The predicted octanol–water partition coefficient (Wildman–Crippen LogP) is 4.62. The summed E-state index contributed by atoms with van der Waals surface area (Å²) < 4.78 is 0. The maximum Gasteiger partial charge on any atom is 0.252 e. The van der Waals surface area contributed by atoms with E-state index in [0.717, 1.165) is 52.5 Å². The molecule has 3 nitrogen and oxygen atoms in total. The van der Waals surface area contributed by atoms with Crippen LogP contribution in [0.5, 0.6) is 0 Å². The van der Waals surface area contributed by atoms with E-state index in [1.165, 1.54) is 5.56 Å². The lowest BCUT2D eigenvalue weighted by Gasteiger charge is -2.13. The van der Waals surface area contributed by atoms with Gasteiger partial charge in [0, 0.05) is 22.6 Å². The van der Waals surface area contributed by atoms with Gasteiger partial charge in [0.15, 0.2) is 0 Å². The number of carbonyl (C=O) groups is 1. The summed E-state index contributed by atoms with van der Waals surface area (Å²) in [5.74, 6) is -0.0478. The number of nitrogens with one attached hydrogen (secondary N) is 1. The van der Waals surface area contributed by atoms with Gasteiger partial charge >= 0.3 is 0 Å². The van der Waals surface area contributed by atoms with Crippen LogP contribution in [-0.2, 0) is 19.4 Å². The van der Waals surface area contributed by atoms with Gasteiger partial charge in [0.25, 0.3) is 5.91 Å². The van der Waals surface area contributed by atoms with Gasteiger partial charge in [0.1, 0.15) is 0 Å². The van der Waals surface area contributed by atoms with Gasteiger partial charge in [-0.05, 0) is 55.5 Å². The summed E-state index contributed by atoms with van der Waals surface area (Å²) in [6.07, 6.45) is 2.88. The minimum Gasteiger partial charge on any atom is -0.348 e. The molecule has 3 aromatic rings. The summed E-state index contributed by atoms with van der Waals surface area (Å²) in [6, 6.07) is 13.8. The highest BCUT2D eigenvalue weighted by Crippen LogP contribution is 2.31. The van der Waals surface area contributed by atoms with E-state index in [1.807, 2.05) is 30.3 Å². The number of benzene rings is 2. The highest BCUT2D eigenvalue weighted by molar-refractivity contribution is 6.31. The molecule has 0 atom stereocenters. The average Bonchev–Trinajstić information content (AvgIpc) is 3.07. The fraction of sp³-hybridized carbons (Fsp3) is 0.238. The SMILES string of the molecule is Cc1ccc(CNC(=O)c2c3c(nc4ccc(Cl)cc24)CCC3)cc1. The Hall–Kier alpha value is -2.39. The lowest BCUT2D eigenvalue weighted by molar-refractivity contribution is 0.0951. The summed E-state index contributed by atoms with van der Waals surface area (Å²) in [4.78, 5) is 17.7. The molecule has 25 heavy (non-hydrogen) atoms. The van der Waals surface area contributed by atoms with E-state index in [2.05, 4.69) is 24.4 Å². The van der Waals surface area contributed by atoms with Gasteiger partial charge in [-0.1, -0.05) is 41.4 Å². The Kier molecular flexibility index (Phi) is 4.18. The van der Waals surface area contributed by atoms with Crippen LogP contribution in [0.3, 0.4) is 0 Å². The van der Waals surface area contributed by atoms with Crippen LogP contribution >= 0.6 is 11.6 Å². The highest BCUT2D eigenvalue weighted by atomic mass is 35.5. The van der Waals surface area contributed by atoms with Crippen molar-refractivity contribution in [2.75, 3.05) is 0 Å². The molecule has 1 N–H and O–H groups in total. The normalized spacial score (nSPS) is 13.0. The monoisotopic (exact) mass is 350 g/mol. The molecule has 0 unspecified atom stereocenters. The zero-order valence-electron chi connectivity index (χ0n) is 14.1. The predicted molar refractivity (Wildman–Crippen MR) is 101 cm³/mol. The molecule has 1 amide bonds. The highest BCUT2D eigenvalue weighted by Gasteiger charge is 2.23. The van der Waals surface area contributed by atoms with E-state index in [-0.39, 0.29) is 5.91 Å². The lowest BCUT2D eigenvalue weighted by atomic mass is 10.0. The number of aryl methyl sites for hydroxylation is 2. The second kappa shape index (κ2) is 6.49. The summed E-state index contributed by atoms with van der Waals surface area (Å²) in [6.45, 7) is 2.57. The first-order valence-electron chi connectivity index (χ1n) is 8.56. The van der Waals surface area contributed by atoms with E-state index >= 15 is 0 Å². The van der Waals surface area contributed by atoms with Crippen LogP contribution in [-0.4, -0.2) is 10.9 Å². The standard InChI is InChI=1S/C21H19ClN2O/c1-13-5-7-14(8-6-13)12-23-21(25)20-16-3-2-4-18(16)24-19-10-9-15(22)11-17(19)20/h5-11H,2-4,12H2,1H3,(H,23,25). The van der Waals surface area contributed by atoms with E-state index in [9.17, 15) is 4.79 Å². The first kappa shape index (κ1) is 16.1. The fourth-order valence-electron chi connectivity index (χ4n) is 3.47. The molecule has 0 aliphatic heterocycles. The first-order chi connectivity index (χ1) is 12.1. The van der Waals surface area contributed by atoms with Crippen molar-refractivity contribution >= 4 is 28.4 Å². The molecule has 2 aromatic carbocycles. The second-order valence-corrected chi connectivity index (χ2v) is 7.03. The average molecular weight is 351 g/mol. The Morgan fingerprint density at radius 2 is 1.96 bits per heavy atom. The Bertz CT molecular complexity index is 964. The fourth-order valence-corrected chi connectivity index (χ4v) is 3.64. The van der Waals surface area contributed by atoms with Crippen LogP contribution in [0, 0.1) is 6.92 Å². The van der Waals surface area contributed by atoms with Gasteiger partial charge in [-0.3, -0.25) is 9.78 Å². The van der Waals surface area contributed by atoms with Gasteiger partial charge in [0.05, 0.1) is 11.1 Å². The van der Waals surface area contributed by atoms with Gasteiger partial charge < -0.3 is 5.32 Å². The maximum atomic E-state index is 13.0. The van der Waals surface area contributed by atoms with E-state index in [4.69, 9.17) is 16.6 Å².